The molecule has 1 aromatic carbocycles. The van der Waals surface area contributed by atoms with E-state index in [1.54, 1.807) is 33.5 Å². The standard InChI is InChI=1S/C15H18N4O3/c1-8(10-7-18-15(17)19-14(10)16)9-5-11(20-2)13(22-4)12(6-9)21-3/h5-7H,1H2,2-4H3,(H4,16,17,18,19). The second-order valence-corrected chi connectivity index (χ2v) is 4.42. The zero-order chi connectivity index (χ0) is 16.3. The molecule has 0 atom stereocenters. The van der Waals surface area contributed by atoms with Crippen LogP contribution in [-0.2, 0) is 0 Å². The number of nitrogens with two attached hydrogens (primary N) is 2. The van der Waals surface area contributed by atoms with Crippen molar-refractivity contribution in [3.05, 3.63) is 36.0 Å². The predicted molar refractivity (Wildman–Crippen MR) is 85.1 cm³/mol. The van der Waals surface area contributed by atoms with Gasteiger partial charge in [0.1, 0.15) is 5.82 Å². The molecule has 0 radical (unpaired) electrons. The molecule has 1 aromatic heterocycles. The van der Waals surface area contributed by atoms with Crippen molar-refractivity contribution in [1.82, 2.24) is 9.97 Å². The minimum absolute atomic E-state index is 0.110. The minimum Gasteiger partial charge on any atom is -0.493 e. The van der Waals surface area contributed by atoms with Gasteiger partial charge in [-0.3, -0.25) is 0 Å². The molecule has 116 valence electrons. The van der Waals surface area contributed by atoms with Gasteiger partial charge in [0.25, 0.3) is 0 Å². The number of hydrogen-bond donors (Lipinski definition) is 2. The van der Waals surface area contributed by atoms with Crippen LogP contribution in [0.4, 0.5) is 11.8 Å². The maximum Gasteiger partial charge on any atom is 0.221 e. The lowest BCUT2D eigenvalue weighted by Gasteiger charge is -2.15. The van der Waals surface area contributed by atoms with E-state index in [0.717, 1.165) is 5.56 Å². The van der Waals surface area contributed by atoms with Gasteiger partial charge in [-0.2, -0.15) is 4.98 Å². The van der Waals surface area contributed by atoms with Gasteiger partial charge < -0.3 is 25.7 Å². The molecule has 0 aliphatic heterocycles. The SMILES string of the molecule is C=C(c1cc(OC)c(OC)c(OC)c1)c1cnc(N)nc1N. The number of nitrogens with zero attached hydrogens (tertiary/aromatic N) is 2. The summed E-state index contributed by atoms with van der Waals surface area (Å²) in [6, 6.07) is 3.55. The maximum absolute atomic E-state index is 5.88. The Morgan fingerprint density at radius 3 is 2.09 bits per heavy atom. The number of nitrogen functional groups attached to an aromatic ring is 2. The number of anilines is 2. The molecule has 0 saturated heterocycles. The van der Waals surface area contributed by atoms with Gasteiger partial charge in [-0.1, -0.05) is 6.58 Å². The number of methoxy groups -OCH3 is 3. The second-order valence-electron chi connectivity index (χ2n) is 4.42. The lowest BCUT2D eigenvalue weighted by molar-refractivity contribution is 0.324. The third kappa shape index (κ3) is 2.73. The molecule has 1 heterocycles. The van der Waals surface area contributed by atoms with Crippen LogP contribution in [0.3, 0.4) is 0 Å². The second kappa shape index (κ2) is 6.21. The van der Waals surface area contributed by atoms with Crippen LogP contribution in [0, 0.1) is 0 Å². The van der Waals surface area contributed by atoms with Crippen molar-refractivity contribution in [3.63, 3.8) is 0 Å². The molecule has 0 unspecified atom stereocenters. The fourth-order valence-corrected chi connectivity index (χ4v) is 2.05. The quantitative estimate of drug-likeness (QED) is 0.866. The van der Waals surface area contributed by atoms with Gasteiger partial charge in [0.15, 0.2) is 11.5 Å². The number of benzene rings is 1. The van der Waals surface area contributed by atoms with Gasteiger partial charge >= 0.3 is 0 Å². The normalized spacial score (nSPS) is 10.1. The topological polar surface area (TPSA) is 106 Å². The van der Waals surface area contributed by atoms with Crippen LogP contribution < -0.4 is 25.7 Å². The first-order valence-corrected chi connectivity index (χ1v) is 6.39. The highest BCUT2D eigenvalue weighted by atomic mass is 16.5. The molecular formula is C15H18N4O3. The third-order valence-corrected chi connectivity index (χ3v) is 3.18. The fraction of sp³-hybridized carbons (Fsp3) is 0.200. The predicted octanol–water partition coefficient (Wildman–Crippen LogP) is 1.73. The van der Waals surface area contributed by atoms with Crippen LogP contribution in [-0.4, -0.2) is 31.3 Å². The lowest BCUT2D eigenvalue weighted by atomic mass is 10.0. The van der Waals surface area contributed by atoms with E-state index in [1.807, 2.05) is 0 Å². The van der Waals surface area contributed by atoms with E-state index < -0.39 is 0 Å². The molecule has 2 rings (SSSR count). The average molecular weight is 302 g/mol. The van der Waals surface area contributed by atoms with E-state index in [-0.39, 0.29) is 11.8 Å². The average Bonchev–Trinajstić information content (AvgIpc) is 2.52. The molecule has 22 heavy (non-hydrogen) atoms. The van der Waals surface area contributed by atoms with Crippen molar-refractivity contribution in [2.45, 2.75) is 0 Å². The minimum atomic E-state index is 0.110. The summed E-state index contributed by atoms with van der Waals surface area (Å²) in [4.78, 5) is 7.88. The Bertz CT molecular complexity index is 691. The van der Waals surface area contributed by atoms with Crippen molar-refractivity contribution in [1.29, 1.82) is 0 Å². The largest absolute Gasteiger partial charge is 0.493 e. The van der Waals surface area contributed by atoms with E-state index in [2.05, 4.69) is 16.5 Å². The van der Waals surface area contributed by atoms with Crippen molar-refractivity contribution < 1.29 is 14.2 Å². The lowest BCUT2D eigenvalue weighted by Crippen LogP contribution is -2.04. The van der Waals surface area contributed by atoms with Crippen LogP contribution >= 0.6 is 0 Å². The number of ether oxygens (including phenoxy) is 3. The Balaban J connectivity index is 2.54. The number of aromatic nitrogens is 2. The molecule has 2 aromatic rings. The molecule has 7 heteroatoms. The van der Waals surface area contributed by atoms with Gasteiger partial charge in [-0.15, -0.1) is 0 Å². The first kappa shape index (κ1) is 15.4. The zero-order valence-electron chi connectivity index (χ0n) is 12.7. The Kier molecular flexibility index (Phi) is 4.36. The van der Waals surface area contributed by atoms with Gasteiger partial charge in [0, 0.05) is 11.8 Å². The first-order chi connectivity index (χ1) is 10.5. The van der Waals surface area contributed by atoms with E-state index in [1.165, 1.54) is 6.20 Å². The molecule has 0 fully saturated rings. The van der Waals surface area contributed by atoms with Gasteiger partial charge in [0.05, 0.1) is 21.3 Å². The summed E-state index contributed by atoms with van der Waals surface area (Å²) in [5.74, 6) is 1.91. The molecular weight excluding hydrogens is 284 g/mol. The van der Waals surface area contributed by atoms with E-state index in [9.17, 15) is 0 Å². The summed E-state index contributed by atoms with van der Waals surface area (Å²) in [6.07, 6.45) is 1.53. The van der Waals surface area contributed by atoms with E-state index >= 15 is 0 Å². The van der Waals surface area contributed by atoms with Crippen LogP contribution in [0.1, 0.15) is 11.1 Å². The smallest absolute Gasteiger partial charge is 0.221 e. The molecule has 4 N–H and O–H groups in total. The molecule has 0 saturated carbocycles. The van der Waals surface area contributed by atoms with Crippen LogP contribution in [0.25, 0.3) is 5.57 Å². The number of rotatable bonds is 5. The van der Waals surface area contributed by atoms with Crippen LogP contribution in [0.15, 0.2) is 24.9 Å². The molecule has 0 bridgehead atoms. The first-order valence-electron chi connectivity index (χ1n) is 6.39. The van der Waals surface area contributed by atoms with Gasteiger partial charge in [-0.05, 0) is 23.3 Å². The molecule has 7 nitrogen and oxygen atoms in total. The summed E-state index contributed by atoms with van der Waals surface area (Å²) in [5, 5.41) is 0. The third-order valence-electron chi connectivity index (χ3n) is 3.18. The van der Waals surface area contributed by atoms with Gasteiger partial charge in [-0.25, -0.2) is 4.98 Å². The highest BCUT2D eigenvalue weighted by Gasteiger charge is 2.16. The molecule has 0 aliphatic rings. The number of hydrogen-bond acceptors (Lipinski definition) is 7. The molecule has 0 amide bonds. The van der Waals surface area contributed by atoms with Gasteiger partial charge in [0.2, 0.25) is 11.7 Å². The molecule has 0 spiro atoms. The summed E-state index contributed by atoms with van der Waals surface area (Å²) >= 11 is 0. The fourth-order valence-electron chi connectivity index (χ4n) is 2.05. The molecule has 0 aliphatic carbocycles. The summed E-state index contributed by atoms with van der Waals surface area (Å²) in [6.45, 7) is 4.04. The van der Waals surface area contributed by atoms with Crippen LogP contribution in [0.2, 0.25) is 0 Å². The van der Waals surface area contributed by atoms with E-state index in [4.69, 9.17) is 25.7 Å². The maximum atomic E-state index is 5.88. The monoisotopic (exact) mass is 302 g/mol. The summed E-state index contributed by atoms with van der Waals surface area (Å²) in [7, 11) is 4.63. The van der Waals surface area contributed by atoms with E-state index in [0.29, 0.717) is 28.4 Å². The Hall–Kier alpha value is -2.96. The van der Waals surface area contributed by atoms with Crippen LogP contribution in [0.5, 0.6) is 17.2 Å². The highest BCUT2D eigenvalue weighted by Crippen LogP contribution is 2.41. The van der Waals surface area contributed by atoms with Crippen molar-refractivity contribution >= 4 is 17.3 Å². The Labute approximate surface area is 128 Å². The zero-order valence-corrected chi connectivity index (χ0v) is 12.7. The Morgan fingerprint density at radius 2 is 1.64 bits per heavy atom. The highest BCUT2D eigenvalue weighted by molar-refractivity contribution is 5.84. The van der Waals surface area contributed by atoms with Crippen molar-refractivity contribution in [3.8, 4) is 17.2 Å². The van der Waals surface area contributed by atoms with Crippen molar-refractivity contribution in [2.75, 3.05) is 32.8 Å². The summed E-state index contributed by atoms with van der Waals surface area (Å²) in [5.41, 5.74) is 13.3. The summed E-state index contributed by atoms with van der Waals surface area (Å²) < 4.78 is 15.9. The Morgan fingerprint density at radius 1 is 1.05 bits per heavy atom. The van der Waals surface area contributed by atoms with Crippen molar-refractivity contribution in [2.24, 2.45) is 0 Å².